The van der Waals surface area contributed by atoms with Crippen LogP contribution in [0.25, 0.3) is 0 Å². The van der Waals surface area contributed by atoms with Crippen molar-refractivity contribution in [3.8, 4) is 5.75 Å². The van der Waals surface area contributed by atoms with Crippen LogP contribution in [-0.4, -0.2) is 34.8 Å². The maximum atomic E-state index is 12.7. The number of carbonyl (C=O) groups is 2. The van der Waals surface area contributed by atoms with Crippen LogP contribution in [0.5, 0.6) is 5.75 Å². The average Bonchev–Trinajstić information content (AvgIpc) is 3.48. The van der Waals surface area contributed by atoms with Gasteiger partial charge in [-0.05, 0) is 43.2 Å². The first kappa shape index (κ1) is 15.6. The van der Waals surface area contributed by atoms with Gasteiger partial charge in [-0.2, -0.15) is 0 Å². The van der Waals surface area contributed by atoms with E-state index in [0.717, 1.165) is 29.8 Å². The lowest BCUT2D eigenvalue weighted by molar-refractivity contribution is -0.117. The zero-order valence-electron chi connectivity index (χ0n) is 13.8. The molecule has 4 rings (SSSR count). The Morgan fingerprint density at radius 3 is 2.84 bits per heavy atom. The van der Waals surface area contributed by atoms with Crippen molar-refractivity contribution in [2.45, 2.75) is 19.4 Å². The Kier molecular flexibility index (Phi) is 4.09. The van der Waals surface area contributed by atoms with E-state index < -0.39 is 0 Å². The van der Waals surface area contributed by atoms with Gasteiger partial charge in [-0.25, -0.2) is 0 Å². The number of benzene rings is 1. The Morgan fingerprint density at radius 1 is 1.20 bits per heavy atom. The minimum Gasteiger partial charge on any atom is -0.491 e. The summed E-state index contributed by atoms with van der Waals surface area (Å²) in [7, 11) is 0. The van der Waals surface area contributed by atoms with Crippen molar-refractivity contribution in [2.75, 3.05) is 18.5 Å². The van der Waals surface area contributed by atoms with Crippen LogP contribution in [0, 0.1) is 5.92 Å². The molecule has 2 aromatic rings. The predicted molar refractivity (Wildman–Crippen MR) is 92.3 cm³/mol. The highest BCUT2D eigenvalue weighted by atomic mass is 16.5. The van der Waals surface area contributed by atoms with E-state index in [9.17, 15) is 9.59 Å². The van der Waals surface area contributed by atoms with Gasteiger partial charge in [0.25, 0.3) is 5.91 Å². The van der Waals surface area contributed by atoms with E-state index in [1.165, 1.54) is 0 Å². The molecular formula is C19H19N3O3. The molecule has 0 saturated heterocycles. The standard InChI is InChI=1S/C19H19N3O3/c23-18(13-4-5-13)21-15-6-7-17-14(11-15)12-22(9-10-25-17)19(24)16-3-1-2-8-20-16/h1-3,6-8,11,13H,4-5,9-10,12H2,(H,21,23). The molecule has 0 bridgehead atoms. The molecule has 1 aliphatic heterocycles. The average molecular weight is 337 g/mol. The molecule has 6 heteroatoms. The fraction of sp³-hybridized carbons (Fsp3) is 0.316. The van der Waals surface area contributed by atoms with Crippen molar-refractivity contribution in [3.05, 3.63) is 53.9 Å². The lowest BCUT2D eigenvalue weighted by Crippen LogP contribution is -2.33. The summed E-state index contributed by atoms with van der Waals surface area (Å²) in [6, 6.07) is 10.9. The van der Waals surface area contributed by atoms with Crippen molar-refractivity contribution in [1.29, 1.82) is 0 Å². The number of carbonyl (C=O) groups excluding carboxylic acids is 2. The highest BCUT2D eigenvalue weighted by molar-refractivity contribution is 5.94. The Hall–Kier alpha value is -2.89. The normalized spacial score (nSPS) is 16.4. The van der Waals surface area contributed by atoms with Crippen molar-refractivity contribution >= 4 is 17.5 Å². The van der Waals surface area contributed by atoms with Crippen LogP contribution >= 0.6 is 0 Å². The largest absolute Gasteiger partial charge is 0.491 e. The molecule has 1 fully saturated rings. The highest BCUT2D eigenvalue weighted by Crippen LogP contribution is 2.31. The van der Waals surface area contributed by atoms with E-state index in [-0.39, 0.29) is 17.7 Å². The Morgan fingerprint density at radius 2 is 2.08 bits per heavy atom. The number of ether oxygens (including phenoxy) is 1. The molecule has 1 N–H and O–H groups in total. The summed E-state index contributed by atoms with van der Waals surface area (Å²) in [5.41, 5.74) is 2.05. The van der Waals surface area contributed by atoms with Crippen LogP contribution in [0.3, 0.4) is 0 Å². The monoisotopic (exact) mass is 337 g/mol. The lowest BCUT2D eigenvalue weighted by Gasteiger charge is -2.19. The molecule has 0 atom stereocenters. The number of hydrogen-bond donors (Lipinski definition) is 1. The minimum absolute atomic E-state index is 0.0657. The fourth-order valence-electron chi connectivity index (χ4n) is 2.89. The maximum Gasteiger partial charge on any atom is 0.272 e. The number of hydrogen-bond acceptors (Lipinski definition) is 4. The Bertz CT molecular complexity index is 803. The van der Waals surface area contributed by atoms with Gasteiger partial charge in [0.1, 0.15) is 18.1 Å². The van der Waals surface area contributed by atoms with Crippen molar-refractivity contribution in [1.82, 2.24) is 9.88 Å². The third kappa shape index (κ3) is 3.47. The summed E-state index contributed by atoms with van der Waals surface area (Å²) in [5.74, 6) is 0.846. The molecule has 128 valence electrons. The lowest BCUT2D eigenvalue weighted by atomic mass is 10.1. The first-order valence-electron chi connectivity index (χ1n) is 8.47. The van der Waals surface area contributed by atoms with E-state index in [1.807, 2.05) is 18.2 Å². The zero-order valence-corrected chi connectivity index (χ0v) is 13.8. The molecule has 25 heavy (non-hydrogen) atoms. The number of amides is 2. The highest BCUT2D eigenvalue weighted by Gasteiger charge is 2.30. The molecule has 0 spiro atoms. The van der Waals surface area contributed by atoms with Gasteiger partial charge < -0.3 is 15.0 Å². The second-order valence-corrected chi connectivity index (χ2v) is 6.38. The van der Waals surface area contributed by atoms with Gasteiger partial charge in [-0.1, -0.05) is 6.07 Å². The van der Waals surface area contributed by atoms with E-state index in [0.29, 0.717) is 25.4 Å². The van der Waals surface area contributed by atoms with Crippen LogP contribution in [0.1, 0.15) is 28.9 Å². The number of nitrogens with one attached hydrogen (secondary N) is 1. The maximum absolute atomic E-state index is 12.7. The van der Waals surface area contributed by atoms with Gasteiger partial charge in [-0.3, -0.25) is 14.6 Å². The third-order valence-corrected chi connectivity index (χ3v) is 4.43. The zero-order chi connectivity index (χ0) is 17.2. The molecular weight excluding hydrogens is 318 g/mol. The van der Waals surface area contributed by atoms with E-state index >= 15 is 0 Å². The van der Waals surface area contributed by atoms with Crippen LogP contribution in [0.2, 0.25) is 0 Å². The number of anilines is 1. The van der Waals surface area contributed by atoms with Gasteiger partial charge in [0.05, 0.1) is 6.54 Å². The van der Waals surface area contributed by atoms with Crippen LogP contribution in [-0.2, 0) is 11.3 Å². The summed E-state index contributed by atoms with van der Waals surface area (Å²) >= 11 is 0. The van der Waals surface area contributed by atoms with E-state index in [4.69, 9.17) is 4.74 Å². The Labute approximate surface area is 145 Å². The van der Waals surface area contributed by atoms with Crippen molar-refractivity contribution < 1.29 is 14.3 Å². The number of nitrogens with zero attached hydrogens (tertiary/aromatic N) is 2. The molecule has 6 nitrogen and oxygen atoms in total. The number of rotatable bonds is 3. The predicted octanol–water partition coefficient (Wildman–Crippen LogP) is 2.46. The number of pyridine rings is 1. The molecule has 2 aliphatic rings. The second kappa shape index (κ2) is 6.55. The quantitative estimate of drug-likeness (QED) is 0.934. The molecule has 1 saturated carbocycles. The molecule has 1 aromatic heterocycles. The minimum atomic E-state index is -0.121. The van der Waals surface area contributed by atoms with Crippen molar-refractivity contribution in [3.63, 3.8) is 0 Å². The van der Waals surface area contributed by atoms with Gasteiger partial charge in [0, 0.05) is 29.9 Å². The topological polar surface area (TPSA) is 71.5 Å². The SMILES string of the molecule is O=C(Nc1ccc2c(c1)CN(C(=O)c1ccccn1)CCO2)C1CC1. The molecule has 0 radical (unpaired) electrons. The Balaban J connectivity index is 1.54. The molecule has 2 amide bonds. The van der Waals surface area contributed by atoms with Gasteiger partial charge in [0.15, 0.2) is 0 Å². The first-order valence-corrected chi connectivity index (χ1v) is 8.47. The first-order chi connectivity index (χ1) is 12.2. The van der Waals surface area contributed by atoms with Crippen LogP contribution in [0.15, 0.2) is 42.6 Å². The van der Waals surface area contributed by atoms with Gasteiger partial charge in [-0.15, -0.1) is 0 Å². The van der Waals surface area contributed by atoms with Crippen LogP contribution < -0.4 is 10.1 Å². The summed E-state index contributed by atoms with van der Waals surface area (Å²) in [6.07, 6.45) is 3.54. The smallest absolute Gasteiger partial charge is 0.272 e. The fourth-order valence-corrected chi connectivity index (χ4v) is 2.89. The molecule has 2 heterocycles. The molecule has 0 unspecified atom stereocenters. The third-order valence-electron chi connectivity index (χ3n) is 4.43. The van der Waals surface area contributed by atoms with Crippen LogP contribution in [0.4, 0.5) is 5.69 Å². The molecule has 1 aliphatic carbocycles. The van der Waals surface area contributed by atoms with E-state index in [1.54, 1.807) is 29.3 Å². The van der Waals surface area contributed by atoms with Gasteiger partial charge in [0.2, 0.25) is 5.91 Å². The van der Waals surface area contributed by atoms with E-state index in [2.05, 4.69) is 10.3 Å². The van der Waals surface area contributed by atoms with Crippen molar-refractivity contribution in [2.24, 2.45) is 5.92 Å². The number of aromatic nitrogens is 1. The summed E-state index contributed by atoms with van der Waals surface area (Å²) < 4.78 is 5.76. The second-order valence-electron chi connectivity index (χ2n) is 6.38. The number of fused-ring (bicyclic) bond motifs is 1. The summed E-state index contributed by atoms with van der Waals surface area (Å²) in [6.45, 7) is 1.35. The summed E-state index contributed by atoms with van der Waals surface area (Å²) in [5, 5.41) is 2.94. The molecule has 1 aromatic carbocycles. The summed E-state index contributed by atoms with van der Waals surface area (Å²) in [4.78, 5) is 30.5. The van der Waals surface area contributed by atoms with Gasteiger partial charge >= 0.3 is 0 Å².